The van der Waals surface area contributed by atoms with Gasteiger partial charge in [0.2, 0.25) is 0 Å². The molecular weight excluding hydrogens is 206 g/mol. The normalized spacial score (nSPS) is 25.0. The molecule has 0 aromatic carbocycles. The Kier molecular flexibility index (Phi) is 5.77. The summed E-state index contributed by atoms with van der Waals surface area (Å²) in [7, 11) is 1.69. The number of nitrogens with zero attached hydrogens (tertiary/aromatic N) is 1. The number of likely N-dealkylation sites (tertiary alicyclic amines) is 1. The number of hydrogen-bond donors (Lipinski definition) is 1. The number of aliphatic carboxylic acids is 1. The zero-order valence-corrected chi connectivity index (χ0v) is 10.3. The number of carboxylic acids is 1. The molecule has 0 bridgehead atoms. The van der Waals surface area contributed by atoms with Crippen molar-refractivity contribution < 1.29 is 14.6 Å². The van der Waals surface area contributed by atoms with Crippen LogP contribution >= 0.6 is 0 Å². The molecule has 0 amide bonds. The Labute approximate surface area is 97.6 Å². The zero-order chi connectivity index (χ0) is 12.0. The Balaban J connectivity index is 2.53. The van der Waals surface area contributed by atoms with E-state index < -0.39 is 5.97 Å². The molecule has 1 N–H and O–H groups in total. The monoisotopic (exact) mass is 229 g/mol. The van der Waals surface area contributed by atoms with Crippen molar-refractivity contribution in [3.05, 3.63) is 0 Å². The van der Waals surface area contributed by atoms with Crippen molar-refractivity contribution in [2.24, 2.45) is 5.92 Å². The van der Waals surface area contributed by atoms with Gasteiger partial charge in [-0.25, -0.2) is 0 Å². The molecule has 0 saturated carbocycles. The molecule has 2 atom stereocenters. The van der Waals surface area contributed by atoms with Crippen LogP contribution in [0.1, 0.15) is 32.6 Å². The molecule has 0 spiro atoms. The summed E-state index contributed by atoms with van der Waals surface area (Å²) in [4.78, 5) is 13.3. The summed E-state index contributed by atoms with van der Waals surface area (Å²) in [5.74, 6) is -0.281. The zero-order valence-electron chi connectivity index (χ0n) is 10.3. The van der Waals surface area contributed by atoms with Gasteiger partial charge in [-0.3, -0.25) is 9.69 Å². The van der Waals surface area contributed by atoms with Gasteiger partial charge in [0, 0.05) is 20.3 Å². The molecule has 2 unspecified atom stereocenters. The van der Waals surface area contributed by atoms with E-state index in [9.17, 15) is 9.90 Å². The highest BCUT2D eigenvalue weighted by Crippen LogP contribution is 2.18. The lowest BCUT2D eigenvalue weighted by atomic mass is 10.1. The smallest absolute Gasteiger partial charge is 0.320 e. The van der Waals surface area contributed by atoms with Crippen molar-refractivity contribution in [1.29, 1.82) is 0 Å². The lowest BCUT2D eigenvalue weighted by Crippen LogP contribution is -2.43. The first kappa shape index (κ1) is 13.5. The number of hydrogen-bond acceptors (Lipinski definition) is 3. The fourth-order valence-corrected chi connectivity index (χ4v) is 2.40. The first-order valence-electron chi connectivity index (χ1n) is 6.11. The number of rotatable bonds is 5. The van der Waals surface area contributed by atoms with E-state index in [0.717, 1.165) is 38.8 Å². The molecule has 0 radical (unpaired) electrons. The van der Waals surface area contributed by atoms with Crippen LogP contribution in [0, 0.1) is 5.92 Å². The van der Waals surface area contributed by atoms with E-state index in [0.29, 0.717) is 12.5 Å². The standard InChI is InChI=1S/C12H23NO3/c1-10(9-16-2)8-13-7-5-3-4-6-11(13)12(14)15/h10-11H,3-9H2,1-2H3,(H,14,15). The van der Waals surface area contributed by atoms with Crippen LogP contribution < -0.4 is 0 Å². The Hall–Kier alpha value is -0.610. The third-order valence-corrected chi connectivity index (χ3v) is 3.15. The highest BCUT2D eigenvalue weighted by Gasteiger charge is 2.27. The number of methoxy groups -OCH3 is 1. The predicted octanol–water partition coefficient (Wildman–Crippen LogP) is 1.60. The molecule has 1 heterocycles. The molecule has 94 valence electrons. The minimum atomic E-state index is -0.675. The Bertz CT molecular complexity index is 220. The summed E-state index contributed by atoms with van der Waals surface area (Å²) in [6, 6.07) is -0.290. The second-order valence-electron chi connectivity index (χ2n) is 4.76. The average Bonchev–Trinajstić information content (AvgIpc) is 2.43. The highest BCUT2D eigenvalue weighted by molar-refractivity contribution is 5.73. The molecule has 0 aromatic rings. The lowest BCUT2D eigenvalue weighted by Gasteiger charge is -2.29. The maximum Gasteiger partial charge on any atom is 0.320 e. The van der Waals surface area contributed by atoms with Crippen molar-refractivity contribution in [2.45, 2.75) is 38.6 Å². The van der Waals surface area contributed by atoms with Gasteiger partial charge in [0.25, 0.3) is 0 Å². The van der Waals surface area contributed by atoms with E-state index in [-0.39, 0.29) is 6.04 Å². The molecule has 16 heavy (non-hydrogen) atoms. The van der Waals surface area contributed by atoms with Crippen LogP contribution in [0.3, 0.4) is 0 Å². The Morgan fingerprint density at radius 3 is 2.88 bits per heavy atom. The third-order valence-electron chi connectivity index (χ3n) is 3.15. The fourth-order valence-electron chi connectivity index (χ4n) is 2.40. The topological polar surface area (TPSA) is 49.8 Å². The highest BCUT2D eigenvalue weighted by atomic mass is 16.5. The summed E-state index contributed by atoms with van der Waals surface area (Å²) >= 11 is 0. The SMILES string of the molecule is COCC(C)CN1CCCCCC1C(=O)O. The van der Waals surface area contributed by atoms with Crippen molar-refractivity contribution in [3.63, 3.8) is 0 Å². The second-order valence-corrected chi connectivity index (χ2v) is 4.76. The lowest BCUT2D eigenvalue weighted by molar-refractivity contribution is -0.143. The Morgan fingerprint density at radius 1 is 1.50 bits per heavy atom. The molecule has 0 aromatic heterocycles. The van der Waals surface area contributed by atoms with Crippen molar-refractivity contribution >= 4 is 5.97 Å². The number of carboxylic acid groups (broad SMARTS) is 1. The van der Waals surface area contributed by atoms with Gasteiger partial charge < -0.3 is 9.84 Å². The van der Waals surface area contributed by atoms with Crippen molar-refractivity contribution in [3.8, 4) is 0 Å². The van der Waals surface area contributed by atoms with Gasteiger partial charge >= 0.3 is 5.97 Å². The molecule has 0 aliphatic carbocycles. The number of carbonyl (C=O) groups is 1. The van der Waals surface area contributed by atoms with E-state index in [1.54, 1.807) is 7.11 Å². The van der Waals surface area contributed by atoms with Crippen LogP contribution in [-0.2, 0) is 9.53 Å². The molecule has 1 saturated heterocycles. The third kappa shape index (κ3) is 4.10. The van der Waals surface area contributed by atoms with E-state index in [1.807, 2.05) is 0 Å². The number of ether oxygens (including phenoxy) is 1. The van der Waals surface area contributed by atoms with Gasteiger partial charge in [-0.15, -0.1) is 0 Å². The van der Waals surface area contributed by atoms with E-state index >= 15 is 0 Å². The molecule has 1 rings (SSSR count). The van der Waals surface area contributed by atoms with Crippen molar-refractivity contribution in [1.82, 2.24) is 4.90 Å². The van der Waals surface area contributed by atoms with Crippen LogP contribution in [-0.4, -0.2) is 48.8 Å². The molecule has 4 heteroatoms. The van der Waals surface area contributed by atoms with Gasteiger partial charge in [0.05, 0.1) is 0 Å². The molecule has 1 aliphatic rings. The summed E-state index contributed by atoms with van der Waals surface area (Å²) in [5, 5.41) is 9.20. The molecule has 4 nitrogen and oxygen atoms in total. The van der Waals surface area contributed by atoms with E-state index in [4.69, 9.17) is 4.74 Å². The van der Waals surface area contributed by atoms with Gasteiger partial charge in [-0.1, -0.05) is 19.8 Å². The maximum absolute atomic E-state index is 11.2. The quantitative estimate of drug-likeness (QED) is 0.778. The summed E-state index contributed by atoms with van der Waals surface area (Å²) in [6.07, 6.45) is 4.09. The summed E-state index contributed by atoms with van der Waals surface area (Å²) in [6.45, 7) is 4.53. The summed E-state index contributed by atoms with van der Waals surface area (Å²) < 4.78 is 5.10. The molecular formula is C12H23NO3. The van der Waals surface area contributed by atoms with Gasteiger partial charge in [0.1, 0.15) is 6.04 Å². The minimum Gasteiger partial charge on any atom is -0.480 e. The van der Waals surface area contributed by atoms with Gasteiger partial charge in [-0.2, -0.15) is 0 Å². The van der Waals surface area contributed by atoms with Crippen molar-refractivity contribution in [2.75, 3.05) is 26.8 Å². The van der Waals surface area contributed by atoms with E-state index in [2.05, 4.69) is 11.8 Å². The van der Waals surface area contributed by atoms with Crippen LogP contribution in [0.2, 0.25) is 0 Å². The fraction of sp³-hybridized carbons (Fsp3) is 0.917. The minimum absolute atomic E-state index is 0.290. The molecule has 1 aliphatic heterocycles. The summed E-state index contributed by atoms with van der Waals surface area (Å²) in [5.41, 5.74) is 0. The van der Waals surface area contributed by atoms with Crippen LogP contribution in [0.5, 0.6) is 0 Å². The predicted molar refractivity (Wildman–Crippen MR) is 62.5 cm³/mol. The van der Waals surface area contributed by atoms with Crippen LogP contribution in [0.15, 0.2) is 0 Å². The first-order chi connectivity index (χ1) is 7.65. The maximum atomic E-state index is 11.2. The Morgan fingerprint density at radius 2 is 2.25 bits per heavy atom. The van der Waals surface area contributed by atoms with Gasteiger partial charge in [0.15, 0.2) is 0 Å². The van der Waals surface area contributed by atoms with Gasteiger partial charge in [-0.05, 0) is 25.3 Å². The average molecular weight is 229 g/mol. The van der Waals surface area contributed by atoms with Crippen LogP contribution in [0.25, 0.3) is 0 Å². The first-order valence-corrected chi connectivity index (χ1v) is 6.11. The van der Waals surface area contributed by atoms with E-state index in [1.165, 1.54) is 0 Å². The molecule has 1 fully saturated rings. The second kappa shape index (κ2) is 6.86. The van der Waals surface area contributed by atoms with Crippen LogP contribution in [0.4, 0.5) is 0 Å². The largest absolute Gasteiger partial charge is 0.480 e.